The molecule has 0 aliphatic carbocycles. The summed E-state index contributed by atoms with van der Waals surface area (Å²) < 4.78 is 20.8. The van der Waals surface area contributed by atoms with Gasteiger partial charge in [-0.1, -0.05) is 16.9 Å². The number of thioether (sulfide) groups is 1. The molecule has 0 radical (unpaired) electrons. The first kappa shape index (κ1) is 25.0. The Morgan fingerprint density at radius 3 is 2.20 bits per heavy atom. The van der Waals surface area contributed by atoms with E-state index < -0.39 is 58.8 Å². The first-order valence-electron chi connectivity index (χ1n) is 8.65. The first-order valence-corrected chi connectivity index (χ1v) is 9.53. The van der Waals surface area contributed by atoms with Gasteiger partial charge < -0.3 is 24.3 Å². The van der Waals surface area contributed by atoms with Crippen molar-refractivity contribution >= 4 is 41.5 Å². The van der Waals surface area contributed by atoms with Gasteiger partial charge in [0.15, 0.2) is 6.10 Å². The number of ether oxygens (including phenoxy) is 4. The van der Waals surface area contributed by atoms with Crippen molar-refractivity contribution in [2.75, 3.05) is 13.2 Å². The van der Waals surface area contributed by atoms with Crippen LogP contribution >= 0.6 is 11.8 Å². The molecule has 166 valence electrons. The van der Waals surface area contributed by atoms with Crippen LogP contribution in [0.1, 0.15) is 34.1 Å². The van der Waals surface area contributed by atoms with Crippen molar-refractivity contribution in [1.29, 1.82) is 0 Å². The van der Waals surface area contributed by atoms with Gasteiger partial charge in [-0.2, -0.15) is 0 Å². The second-order valence-corrected chi connectivity index (χ2v) is 7.67. The molecule has 0 bridgehead atoms. The van der Waals surface area contributed by atoms with Crippen LogP contribution in [0.5, 0.6) is 0 Å². The predicted octanol–water partition coefficient (Wildman–Crippen LogP) is 0.562. The van der Waals surface area contributed by atoms with Gasteiger partial charge in [-0.25, -0.2) is 0 Å². The van der Waals surface area contributed by atoms with Crippen molar-refractivity contribution in [3.05, 3.63) is 10.4 Å². The maximum Gasteiger partial charge on any atom is 0.305 e. The lowest BCUT2D eigenvalue weighted by atomic mass is 10.0. The summed E-state index contributed by atoms with van der Waals surface area (Å²) in [7, 11) is 0. The van der Waals surface area contributed by atoms with Crippen LogP contribution in [0.3, 0.4) is 0 Å². The molecule has 1 saturated heterocycles. The summed E-state index contributed by atoms with van der Waals surface area (Å²) in [5, 5.41) is 2.93. The number of hydrogen-bond acceptors (Lipinski definition) is 11. The van der Waals surface area contributed by atoms with Gasteiger partial charge in [0.2, 0.25) is 11.0 Å². The fourth-order valence-corrected chi connectivity index (χ4v) is 4.31. The maximum atomic E-state index is 12.2. The smallest absolute Gasteiger partial charge is 0.305 e. The second-order valence-electron chi connectivity index (χ2n) is 6.17. The van der Waals surface area contributed by atoms with Gasteiger partial charge in [0.25, 0.3) is 0 Å². The lowest BCUT2D eigenvalue weighted by Gasteiger charge is -2.45. The minimum absolute atomic E-state index is 0.284. The zero-order valence-corrected chi connectivity index (χ0v) is 17.6. The summed E-state index contributed by atoms with van der Waals surface area (Å²) in [5.41, 5.74) is 8.39. The molecule has 1 aliphatic rings. The van der Waals surface area contributed by atoms with E-state index >= 15 is 0 Å². The molecule has 0 aromatic heterocycles. The van der Waals surface area contributed by atoms with Gasteiger partial charge in [0, 0.05) is 32.6 Å². The van der Waals surface area contributed by atoms with Crippen LogP contribution in [0.25, 0.3) is 10.4 Å². The van der Waals surface area contributed by atoms with E-state index in [-0.39, 0.29) is 13.0 Å². The van der Waals surface area contributed by atoms with E-state index in [0.29, 0.717) is 0 Å². The van der Waals surface area contributed by atoms with Gasteiger partial charge in [0.05, 0.1) is 11.7 Å². The average Bonchev–Trinajstić information content (AvgIpc) is 2.59. The quantitative estimate of drug-likeness (QED) is 0.138. The SMILES string of the molecule is CC(=O)OC[C@H]1S[C@](NC(=O)CN=[N+]=[N-])(OC(C)=O)C[C@@H](OC(C)=O)[C@@H]1OC(C)=O. The highest BCUT2D eigenvalue weighted by Crippen LogP contribution is 2.43. The van der Waals surface area contributed by atoms with E-state index in [1.807, 2.05) is 0 Å². The highest BCUT2D eigenvalue weighted by Gasteiger charge is 2.53. The summed E-state index contributed by atoms with van der Waals surface area (Å²) in [6, 6.07) is 0. The predicted molar refractivity (Wildman–Crippen MR) is 100 cm³/mol. The number of azide groups is 1. The van der Waals surface area contributed by atoms with Crippen molar-refractivity contribution < 1.29 is 42.9 Å². The zero-order valence-electron chi connectivity index (χ0n) is 16.8. The van der Waals surface area contributed by atoms with Crippen LogP contribution in [0, 0.1) is 0 Å². The molecule has 30 heavy (non-hydrogen) atoms. The molecule has 14 heteroatoms. The number of esters is 4. The number of carbonyl (C=O) groups excluding carboxylic acids is 5. The Balaban J connectivity index is 3.34. The fourth-order valence-electron chi connectivity index (χ4n) is 2.73. The number of hydrogen-bond donors (Lipinski definition) is 1. The van der Waals surface area contributed by atoms with E-state index in [0.717, 1.165) is 32.5 Å². The molecule has 1 amide bonds. The van der Waals surface area contributed by atoms with Crippen molar-refractivity contribution in [3.63, 3.8) is 0 Å². The molecule has 0 aromatic carbocycles. The van der Waals surface area contributed by atoms with Crippen molar-refractivity contribution in [1.82, 2.24) is 5.32 Å². The summed E-state index contributed by atoms with van der Waals surface area (Å²) >= 11 is 0.836. The third-order valence-electron chi connectivity index (χ3n) is 3.53. The summed E-state index contributed by atoms with van der Waals surface area (Å²) in [6.07, 6.45) is -2.49. The number of carbonyl (C=O) groups is 5. The molecule has 0 aromatic rings. The van der Waals surface area contributed by atoms with Gasteiger partial charge in [-0.05, 0) is 5.53 Å². The topological polar surface area (TPSA) is 183 Å². The highest BCUT2D eigenvalue weighted by molar-refractivity contribution is 8.01. The van der Waals surface area contributed by atoms with Crippen LogP contribution in [0.2, 0.25) is 0 Å². The van der Waals surface area contributed by atoms with Crippen LogP contribution in [0.4, 0.5) is 0 Å². The Kier molecular flexibility index (Phi) is 9.40. The minimum atomic E-state index is -1.77. The molecule has 1 aliphatic heterocycles. The number of nitrogens with one attached hydrogen (secondary N) is 1. The Bertz CT molecular complexity index is 755. The molecule has 4 atom stereocenters. The van der Waals surface area contributed by atoms with Gasteiger partial charge in [-0.15, -0.1) is 0 Å². The Morgan fingerprint density at radius 1 is 1.07 bits per heavy atom. The Labute approximate surface area is 175 Å². The van der Waals surface area contributed by atoms with Gasteiger partial charge >= 0.3 is 23.9 Å². The average molecular weight is 446 g/mol. The van der Waals surface area contributed by atoms with Crippen LogP contribution in [0.15, 0.2) is 5.11 Å². The number of amides is 1. The molecular formula is C16H22N4O9S. The molecule has 0 unspecified atom stereocenters. The molecule has 1 rings (SSSR count). The molecule has 13 nitrogen and oxygen atoms in total. The first-order chi connectivity index (χ1) is 14.0. The molecule has 1 heterocycles. The van der Waals surface area contributed by atoms with E-state index in [9.17, 15) is 24.0 Å². The molecule has 1 fully saturated rings. The van der Waals surface area contributed by atoms with Crippen LogP contribution in [-0.4, -0.2) is 65.5 Å². The molecule has 0 saturated carbocycles. The van der Waals surface area contributed by atoms with Gasteiger partial charge in [0.1, 0.15) is 19.3 Å². The van der Waals surface area contributed by atoms with Crippen molar-refractivity contribution in [2.45, 2.75) is 56.6 Å². The van der Waals surface area contributed by atoms with Crippen LogP contribution in [-0.2, 0) is 42.9 Å². The normalized spacial score (nSPS) is 25.1. The molecular weight excluding hydrogens is 424 g/mol. The largest absolute Gasteiger partial charge is 0.465 e. The minimum Gasteiger partial charge on any atom is -0.465 e. The van der Waals surface area contributed by atoms with Gasteiger partial charge in [-0.3, -0.25) is 24.0 Å². The lowest BCUT2D eigenvalue weighted by molar-refractivity contribution is -0.177. The number of nitrogens with zero attached hydrogens (tertiary/aromatic N) is 3. The second kappa shape index (κ2) is 11.3. The zero-order chi connectivity index (χ0) is 22.9. The third kappa shape index (κ3) is 8.17. The maximum absolute atomic E-state index is 12.2. The summed E-state index contributed by atoms with van der Waals surface area (Å²) in [5.74, 6) is -3.58. The number of rotatable bonds is 8. The van der Waals surface area contributed by atoms with E-state index in [2.05, 4.69) is 15.3 Å². The Hall–Kier alpha value is -2.99. The van der Waals surface area contributed by atoms with Crippen LogP contribution < -0.4 is 5.32 Å². The lowest BCUT2D eigenvalue weighted by Crippen LogP contribution is -2.61. The summed E-state index contributed by atoms with van der Waals surface area (Å²) in [6.45, 7) is 3.65. The Morgan fingerprint density at radius 2 is 1.70 bits per heavy atom. The van der Waals surface area contributed by atoms with Crippen molar-refractivity contribution in [3.8, 4) is 0 Å². The van der Waals surface area contributed by atoms with E-state index in [1.54, 1.807) is 0 Å². The molecule has 1 N–H and O–H groups in total. The standard InChI is InChI=1S/C16H22N4O9S/c1-8(21)26-7-13-15(28-10(3)23)12(27-9(2)22)5-16(30-13,29-11(4)24)19-14(25)6-18-20-17/h12-13,15H,5-7H2,1-4H3,(H,19,25)/t12-,13-,15+,16-/m1/s1. The van der Waals surface area contributed by atoms with E-state index in [4.69, 9.17) is 24.5 Å². The summed E-state index contributed by atoms with van der Waals surface area (Å²) in [4.78, 5) is 60.8. The van der Waals surface area contributed by atoms with Crippen molar-refractivity contribution in [2.24, 2.45) is 5.11 Å². The van der Waals surface area contributed by atoms with E-state index in [1.165, 1.54) is 6.92 Å². The highest BCUT2D eigenvalue weighted by atomic mass is 32.2. The molecule has 0 spiro atoms. The third-order valence-corrected chi connectivity index (χ3v) is 4.97. The monoisotopic (exact) mass is 446 g/mol. The fraction of sp³-hybridized carbons (Fsp3) is 0.688.